The molecule has 0 heterocycles. The summed E-state index contributed by atoms with van der Waals surface area (Å²) < 4.78 is 38.5. The summed E-state index contributed by atoms with van der Waals surface area (Å²) in [5.41, 5.74) is 0. The van der Waals surface area contributed by atoms with Gasteiger partial charge in [0.05, 0.1) is 4.90 Å². The van der Waals surface area contributed by atoms with Crippen molar-refractivity contribution in [2.45, 2.75) is 30.7 Å². The summed E-state index contributed by atoms with van der Waals surface area (Å²) >= 11 is 0. The molecule has 0 spiro atoms. The van der Waals surface area contributed by atoms with Crippen molar-refractivity contribution < 1.29 is 27.5 Å². The van der Waals surface area contributed by atoms with Gasteiger partial charge in [0.15, 0.2) is 0 Å². The number of carboxylic acid groups (broad SMARTS) is 1. The number of rotatable bonds is 8. The number of nitrogens with zero attached hydrogens (tertiary/aromatic N) is 2. The molecule has 1 aromatic carbocycles. The molecule has 1 unspecified atom stereocenters. The average Bonchev–Trinajstić information content (AvgIpc) is 2.53. The van der Waals surface area contributed by atoms with Gasteiger partial charge in [-0.2, -0.15) is 0 Å². The van der Waals surface area contributed by atoms with Gasteiger partial charge in [-0.25, -0.2) is 21.9 Å². The second kappa shape index (κ2) is 8.20. The Hall–Kier alpha value is -2.00. The zero-order valence-corrected chi connectivity index (χ0v) is 14.6. The SMILES string of the molecule is CC(C(=O)O)N(C)C(=O)CCCN(C)S(=O)(=O)c1ccc(F)cc1. The van der Waals surface area contributed by atoms with Crippen LogP contribution in [0.3, 0.4) is 0 Å². The van der Waals surface area contributed by atoms with Crippen LogP contribution in [0.2, 0.25) is 0 Å². The largest absolute Gasteiger partial charge is 0.480 e. The quantitative estimate of drug-likeness (QED) is 0.751. The molecule has 24 heavy (non-hydrogen) atoms. The number of aliphatic carboxylic acids is 1. The predicted molar refractivity (Wildman–Crippen MR) is 85.3 cm³/mol. The maximum absolute atomic E-state index is 12.9. The van der Waals surface area contributed by atoms with Crippen LogP contribution in [0.4, 0.5) is 4.39 Å². The van der Waals surface area contributed by atoms with Crippen molar-refractivity contribution in [3.8, 4) is 0 Å². The van der Waals surface area contributed by atoms with Crippen LogP contribution in [0.25, 0.3) is 0 Å². The first-order chi connectivity index (χ1) is 11.1. The summed E-state index contributed by atoms with van der Waals surface area (Å²) in [5, 5.41) is 8.86. The van der Waals surface area contributed by atoms with E-state index in [0.29, 0.717) is 0 Å². The molecule has 1 aromatic rings. The van der Waals surface area contributed by atoms with Crippen molar-refractivity contribution >= 4 is 21.9 Å². The lowest BCUT2D eigenvalue weighted by atomic mass is 10.2. The van der Waals surface area contributed by atoms with Crippen LogP contribution >= 0.6 is 0 Å². The van der Waals surface area contributed by atoms with E-state index < -0.39 is 27.9 Å². The van der Waals surface area contributed by atoms with Gasteiger partial charge in [0, 0.05) is 27.1 Å². The molecule has 1 amide bonds. The minimum absolute atomic E-state index is 0.0252. The maximum atomic E-state index is 12.9. The number of carbonyl (C=O) groups is 2. The van der Waals surface area contributed by atoms with Crippen molar-refractivity contribution in [2.24, 2.45) is 0 Å². The highest BCUT2D eigenvalue weighted by atomic mass is 32.2. The zero-order chi connectivity index (χ0) is 18.5. The van der Waals surface area contributed by atoms with Gasteiger partial charge in [0.25, 0.3) is 0 Å². The molecule has 0 aromatic heterocycles. The molecule has 0 saturated carbocycles. The first-order valence-electron chi connectivity index (χ1n) is 7.27. The minimum Gasteiger partial charge on any atom is -0.480 e. The summed E-state index contributed by atoms with van der Waals surface area (Å²) in [4.78, 5) is 23.8. The van der Waals surface area contributed by atoms with Crippen LogP contribution in [-0.4, -0.2) is 61.3 Å². The van der Waals surface area contributed by atoms with E-state index in [0.717, 1.165) is 21.3 Å². The van der Waals surface area contributed by atoms with Gasteiger partial charge in [0.1, 0.15) is 11.9 Å². The molecular formula is C15H21FN2O5S. The second-order valence-electron chi connectivity index (χ2n) is 5.40. The number of sulfonamides is 1. The Morgan fingerprint density at radius 3 is 2.25 bits per heavy atom. The first-order valence-corrected chi connectivity index (χ1v) is 8.71. The Morgan fingerprint density at radius 1 is 1.21 bits per heavy atom. The van der Waals surface area contributed by atoms with Crippen LogP contribution in [0.5, 0.6) is 0 Å². The molecule has 7 nitrogen and oxygen atoms in total. The molecule has 1 atom stereocenters. The van der Waals surface area contributed by atoms with E-state index in [9.17, 15) is 22.4 Å². The Labute approximate surface area is 140 Å². The summed E-state index contributed by atoms with van der Waals surface area (Å²) in [6.07, 6.45) is 0.268. The fourth-order valence-electron chi connectivity index (χ4n) is 1.92. The molecule has 0 saturated heterocycles. The maximum Gasteiger partial charge on any atom is 0.326 e. The van der Waals surface area contributed by atoms with Gasteiger partial charge in [-0.3, -0.25) is 4.79 Å². The van der Waals surface area contributed by atoms with E-state index in [1.165, 1.54) is 33.2 Å². The lowest BCUT2D eigenvalue weighted by Gasteiger charge is -2.22. The number of halogens is 1. The monoisotopic (exact) mass is 360 g/mol. The number of carboxylic acids is 1. The third kappa shape index (κ3) is 5.00. The molecule has 0 aliphatic carbocycles. The number of benzene rings is 1. The second-order valence-corrected chi connectivity index (χ2v) is 7.45. The highest BCUT2D eigenvalue weighted by molar-refractivity contribution is 7.89. The zero-order valence-electron chi connectivity index (χ0n) is 13.8. The highest BCUT2D eigenvalue weighted by Gasteiger charge is 2.23. The molecular weight excluding hydrogens is 339 g/mol. The van der Waals surface area contributed by atoms with Crippen LogP contribution in [0.1, 0.15) is 19.8 Å². The van der Waals surface area contributed by atoms with Gasteiger partial charge in [0.2, 0.25) is 15.9 Å². The fourth-order valence-corrected chi connectivity index (χ4v) is 3.13. The van der Waals surface area contributed by atoms with Gasteiger partial charge >= 0.3 is 5.97 Å². The molecule has 0 radical (unpaired) electrons. The Balaban J connectivity index is 2.59. The third-order valence-corrected chi connectivity index (χ3v) is 5.59. The molecule has 0 aliphatic rings. The van der Waals surface area contributed by atoms with Crippen molar-refractivity contribution in [2.75, 3.05) is 20.6 Å². The average molecular weight is 360 g/mol. The lowest BCUT2D eigenvalue weighted by molar-refractivity contribution is -0.148. The van der Waals surface area contributed by atoms with Crippen molar-refractivity contribution in [3.05, 3.63) is 30.1 Å². The highest BCUT2D eigenvalue weighted by Crippen LogP contribution is 2.15. The number of likely N-dealkylation sites (N-methyl/N-ethyl adjacent to an activating group) is 1. The smallest absolute Gasteiger partial charge is 0.326 e. The number of amides is 1. The first kappa shape index (κ1) is 20.0. The van der Waals surface area contributed by atoms with Gasteiger partial charge in [-0.1, -0.05) is 0 Å². The number of hydrogen-bond acceptors (Lipinski definition) is 4. The lowest BCUT2D eigenvalue weighted by Crippen LogP contribution is -2.40. The van der Waals surface area contributed by atoms with Crippen LogP contribution in [0, 0.1) is 5.82 Å². The van der Waals surface area contributed by atoms with Crippen molar-refractivity contribution in [1.29, 1.82) is 0 Å². The van der Waals surface area contributed by atoms with E-state index in [1.54, 1.807) is 0 Å². The molecule has 0 fully saturated rings. The Morgan fingerprint density at radius 2 is 1.75 bits per heavy atom. The van der Waals surface area contributed by atoms with E-state index in [4.69, 9.17) is 5.11 Å². The van der Waals surface area contributed by atoms with Crippen LogP contribution in [0.15, 0.2) is 29.2 Å². The van der Waals surface area contributed by atoms with Crippen LogP contribution < -0.4 is 0 Å². The standard InChI is InChI=1S/C15H21FN2O5S/c1-11(15(20)21)18(3)14(19)5-4-10-17(2)24(22,23)13-8-6-12(16)7-9-13/h6-9,11H,4-5,10H2,1-3H3,(H,20,21). The van der Waals surface area contributed by atoms with Crippen molar-refractivity contribution in [1.82, 2.24) is 9.21 Å². The molecule has 1 rings (SSSR count). The fraction of sp³-hybridized carbons (Fsp3) is 0.467. The summed E-state index contributed by atoms with van der Waals surface area (Å²) in [7, 11) is -0.999. The third-order valence-electron chi connectivity index (χ3n) is 3.72. The van der Waals surface area contributed by atoms with E-state index in [1.807, 2.05) is 0 Å². The molecule has 0 bridgehead atoms. The van der Waals surface area contributed by atoms with Gasteiger partial charge in [-0.15, -0.1) is 0 Å². The molecule has 9 heteroatoms. The topological polar surface area (TPSA) is 95.0 Å². The van der Waals surface area contributed by atoms with Gasteiger partial charge in [-0.05, 0) is 37.6 Å². The van der Waals surface area contributed by atoms with Gasteiger partial charge < -0.3 is 10.0 Å². The van der Waals surface area contributed by atoms with Crippen LogP contribution in [-0.2, 0) is 19.6 Å². The van der Waals surface area contributed by atoms with E-state index in [-0.39, 0.29) is 30.2 Å². The molecule has 1 N–H and O–H groups in total. The number of carbonyl (C=O) groups excluding carboxylic acids is 1. The molecule has 134 valence electrons. The summed E-state index contributed by atoms with van der Waals surface area (Å²) in [5.74, 6) is -2.02. The minimum atomic E-state index is -3.76. The Kier molecular flexibility index (Phi) is 6.85. The summed E-state index contributed by atoms with van der Waals surface area (Å²) in [6, 6.07) is 3.53. The van der Waals surface area contributed by atoms with Crippen molar-refractivity contribution in [3.63, 3.8) is 0 Å². The Bertz CT molecular complexity index is 690. The van der Waals surface area contributed by atoms with E-state index >= 15 is 0 Å². The number of hydrogen-bond donors (Lipinski definition) is 1. The van der Waals surface area contributed by atoms with E-state index in [2.05, 4.69) is 0 Å². The predicted octanol–water partition coefficient (Wildman–Crippen LogP) is 1.16. The normalized spacial score (nSPS) is 12.9. The molecule has 0 aliphatic heterocycles. The summed E-state index contributed by atoms with van der Waals surface area (Å²) in [6.45, 7) is 1.48.